The molecule has 0 fully saturated rings. The molecule has 1 heterocycles. The second kappa shape index (κ2) is 7.51. The number of rotatable bonds is 5. The van der Waals surface area contributed by atoms with Crippen molar-refractivity contribution in [2.45, 2.75) is 19.4 Å². The summed E-state index contributed by atoms with van der Waals surface area (Å²) >= 11 is 12.1. The zero-order valence-electron chi connectivity index (χ0n) is 12.6. The van der Waals surface area contributed by atoms with Gasteiger partial charge < -0.3 is 11.1 Å². The van der Waals surface area contributed by atoms with E-state index in [0.29, 0.717) is 22.5 Å². The molecular weight excluding hydrogens is 321 g/mol. The molecule has 7 heteroatoms. The fraction of sp³-hybridized carbons (Fsp3) is 0.333. The van der Waals surface area contributed by atoms with Gasteiger partial charge in [0.15, 0.2) is 5.96 Å². The fourth-order valence-electron chi connectivity index (χ4n) is 2.14. The number of aryl methyl sites for hydroxylation is 1. The third kappa shape index (κ3) is 4.39. The molecule has 1 aromatic carbocycles. The number of guanidine groups is 1. The highest BCUT2D eigenvalue weighted by atomic mass is 35.5. The van der Waals surface area contributed by atoms with Crippen LogP contribution in [0.2, 0.25) is 10.0 Å². The molecule has 5 nitrogen and oxygen atoms in total. The van der Waals surface area contributed by atoms with E-state index in [1.807, 2.05) is 30.8 Å². The Bertz CT molecular complexity index is 666. The number of aromatic nitrogens is 2. The highest BCUT2D eigenvalue weighted by molar-refractivity contribution is 6.35. The van der Waals surface area contributed by atoms with Gasteiger partial charge in [0, 0.05) is 41.9 Å². The third-order valence-corrected chi connectivity index (χ3v) is 3.93. The lowest BCUT2D eigenvalue weighted by Gasteiger charge is -2.16. The van der Waals surface area contributed by atoms with Crippen molar-refractivity contribution in [3.8, 4) is 0 Å². The molecule has 2 rings (SSSR count). The first kappa shape index (κ1) is 16.6. The van der Waals surface area contributed by atoms with E-state index < -0.39 is 0 Å². The van der Waals surface area contributed by atoms with Gasteiger partial charge in [0.1, 0.15) is 0 Å². The van der Waals surface area contributed by atoms with E-state index in [1.165, 1.54) is 0 Å². The average molecular weight is 340 g/mol. The maximum atomic E-state index is 6.18. The smallest absolute Gasteiger partial charge is 0.189 e. The molecular formula is C15H19Cl2N5. The van der Waals surface area contributed by atoms with Gasteiger partial charge in [0.25, 0.3) is 0 Å². The Morgan fingerprint density at radius 3 is 2.82 bits per heavy atom. The first-order valence-electron chi connectivity index (χ1n) is 6.95. The minimum Gasteiger partial charge on any atom is -0.370 e. The van der Waals surface area contributed by atoms with Crippen molar-refractivity contribution in [2.24, 2.45) is 17.8 Å². The van der Waals surface area contributed by atoms with E-state index in [4.69, 9.17) is 28.9 Å². The molecule has 118 valence electrons. The predicted molar refractivity (Wildman–Crippen MR) is 91.4 cm³/mol. The van der Waals surface area contributed by atoms with Crippen LogP contribution in [0.25, 0.3) is 0 Å². The quantitative estimate of drug-likeness (QED) is 0.650. The Kier molecular flexibility index (Phi) is 5.69. The molecule has 2 aromatic rings. The van der Waals surface area contributed by atoms with Gasteiger partial charge in [-0.25, -0.2) is 0 Å². The minimum absolute atomic E-state index is 0.0507. The van der Waals surface area contributed by atoms with Gasteiger partial charge in [-0.05, 0) is 30.7 Å². The van der Waals surface area contributed by atoms with Crippen molar-refractivity contribution < 1.29 is 0 Å². The van der Waals surface area contributed by atoms with E-state index in [1.54, 1.807) is 18.3 Å². The summed E-state index contributed by atoms with van der Waals surface area (Å²) in [6, 6.07) is 7.31. The van der Waals surface area contributed by atoms with E-state index in [2.05, 4.69) is 15.4 Å². The first-order valence-corrected chi connectivity index (χ1v) is 7.71. The number of aliphatic imine (C=N–C) groups is 1. The highest BCUT2D eigenvalue weighted by Crippen LogP contribution is 2.25. The van der Waals surface area contributed by atoms with Crippen molar-refractivity contribution in [1.29, 1.82) is 0 Å². The van der Waals surface area contributed by atoms with Gasteiger partial charge in [-0.3, -0.25) is 9.67 Å². The van der Waals surface area contributed by atoms with Gasteiger partial charge in [0.05, 0.1) is 6.04 Å². The summed E-state index contributed by atoms with van der Waals surface area (Å²) in [5.74, 6) is 0.390. The van der Waals surface area contributed by atoms with Crippen molar-refractivity contribution in [1.82, 2.24) is 15.1 Å². The second-order valence-corrected chi connectivity index (χ2v) is 5.84. The largest absolute Gasteiger partial charge is 0.370 e. The normalized spacial score (nSPS) is 13.2. The van der Waals surface area contributed by atoms with E-state index in [-0.39, 0.29) is 6.04 Å². The third-order valence-electron chi connectivity index (χ3n) is 3.37. The molecule has 0 aliphatic carbocycles. The Morgan fingerprint density at radius 2 is 2.18 bits per heavy atom. The Morgan fingerprint density at radius 1 is 1.41 bits per heavy atom. The number of nitrogens with two attached hydrogens (primary N) is 1. The summed E-state index contributed by atoms with van der Waals surface area (Å²) in [4.78, 5) is 4.33. The Labute approximate surface area is 140 Å². The van der Waals surface area contributed by atoms with Crippen molar-refractivity contribution in [3.05, 3.63) is 51.8 Å². The van der Waals surface area contributed by atoms with Crippen molar-refractivity contribution >= 4 is 29.2 Å². The molecule has 1 atom stereocenters. The van der Waals surface area contributed by atoms with Crippen LogP contribution in [0.15, 0.2) is 35.5 Å². The number of benzene rings is 1. The molecule has 0 bridgehead atoms. The topological polar surface area (TPSA) is 68.2 Å². The van der Waals surface area contributed by atoms with E-state index >= 15 is 0 Å². The Hall–Kier alpha value is -1.72. The van der Waals surface area contributed by atoms with Crippen molar-refractivity contribution in [2.75, 3.05) is 6.54 Å². The molecule has 0 saturated carbocycles. The molecule has 3 N–H and O–H groups in total. The molecule has 0 unspecified atom stereocenters. The SMILES string of the molecule is C[C@H](NC(N)=NCCc1ccnn1C)c1ccc(Cl)cc1Cl. The first-order chi connectivity index (χ1) is 10.5. The lowest BCUT2D eigenvalue weighted by molar-refractivity contribution is 0.694. The van der Waals surface area contributed by atoms with Crippen LogP contribution in [0.5, 0.6) is 0 Å². The summed E-state index contributed by atoms with van der Waals surface area (Å²) in [7, 11) is 1.91. The van der Waals surface area contributed by atoms with Gasteiger partial charge in [-0.1, -0.05) is 29.3 Å². The maximum absolute atomic E-state index is 6.18. The van der Waals surface area contributed by atoms with Crippen LogP contribution in [0.3, 0.4) is 0 Å². The number of nitrogens with zero attached hydrogens (tertiary/aromatic N) is 3. The summed E-state index contributed by atoms with van der Waals surface area (Å²) < 4.78 is 1.83. The zero-order valence-corrected chi connectivity index (χ0v) is 14.1. The molecule has 0 spiro atoms. The van der Waals surface area contributed by atoms with Crippen LogP contribution in [0.1, 0.15) is 24.2 Å². The number of hydrogen-bond donors (Lipinski definition) is 2. The monoisotopic (exact) mass is 339 g/mol. The maximum Gasteiger partial charge on any atom is 0.189 e. The number of hydrogen-bond acceptors (Lipinski definition) is 2. The lowest BCUT2D eigenvalue weighted by atomic mass is 10.1. The summed E-state index contributed by atoms with van der Waals surface area (Å²) in [6.45, 7) is 2.57. The zero-order chi connectivity index (χ0) is 16.1. The molecule has 0 radical (unpaired) electrons. The molecule has 0 aliphatic heterocycles. The minimum atomic E-state index is -0.0507. The van der Waals surface area contributed by atoms with E-state index in [9.17, 15) is 0 Å². The van der Waals surface area contributed by atoms with E-state index in [0.717, 1.165) is 17.7 Å². The Balaban J connectivity index is 1.91. The van der Waals surface area contributed by atoms with Crippen LogP contribution < -0.4 is 11.1 Å². The van der Waals surface area contributed by atoms with Gasteiger partial charge in [-0.2, -0.15) is 5.10 Å². The standard InChI is InChI=1S/C15H19Cl2N5/c1-10(13-4-3-11(16)9-14(13)17)21-15(18)19-7-5-12-6-8-20-22(12)2/h3-4,6,8-10H,5,7H2,1-2H3,(H3,18,19,21)/t10-/m0/s1. The van der Waals surface area contributed by atoms with Crippen LogP contribution in [-0.4, -0.2) is 22.3 Å². The molecule has 0 saturated heterocycles. The van der Waals surface area contributed by atoms with Crippen LogP contribution in [0, 0.1) is 0 Å². The van der Waals surface area contributed by atoms with Crippen LogP contribution in [0.4, 0.5) is 0 Å². The lowest BCUT2D eigenvalue weighted by Crippen LogP contribution is -2.34. The van der Waals surface area contributed by atoms with Gasteiger partial charge in [-0.15, -0.1) is 0 Å². The molecule has 22 heavy (non-hydrogen) atoms. The van der Waals surface area contributed by atoms with Gasteiger partial charge in [0.2, 0.25) is 0 Å². The summed E-state index contributed by atoms with van der Waals surface area (Å²) in [5, 5.41) is 8.46. The summed E-state index contributed by atoms with van der Waals surface area (Å²) in [6.07, 6.45) is 2.56. The second-order valence-electron chi connectivity index (χ2n) is 4.99. The average Bonchev–Trinajstić information content (AvgIpc) is 2.84. The molecule has 1 aromatic heterocycles. The number of halogens is 2. The fourth-order valence-corrected chi connectivity index (χ4v) is 2.71. The van der Waals surface area contributed by atoms with Crippen LogP contribution in [-0.2, 0) is 13.5 Å². The number of nitrogens with one attached hydrogen (secondary N) is 1. The van der Waals surface area contributed by atoms with Crippen molar-refractivity contribution in [3.63, 3.8) is 0 Å². The molecule has 0 amide bonds. The molecule has 0 aliphatic rings. The highest BCUT2D eigenvalue weighted by Gasteiger charge is 2.10. The summed E-state index contributed by atoms with van der Waals surface area (Å²) in [5.41, 5.74) is 7.96. The predicted octanol–water partition coefficient (Wildman–Crippen LogP) is 2.93. The van der Waals surface area contributed by atoms with Crippen LogP contribution >= 0.6 is 23.2 Å². The van der Waals surface area contributed by atoms with Gasteiger partial charge >= 0.3 is 0 Å².